The van der Waals surface area contributed by atoms with E-state index in [2.05, 4.69) is 53.4 Å². The molecule has 0 unspecified atom stereocenters. The van der Waals surface area contributed by atoms with Gasteiger partial charge in [-0.25, -0.2) is 9.97 Å². The molecule has 0 atom stereocenters. The normalized spacial score (nSPS) is 10.6. The van der Waals surface area contributed by atoms with Crippen molar-refractivity contribution in [3.05, 3.63) is 48.3 Å². The summed E-state index contributed by atoms with van der Waals surface area (Å²) in [6.45, 7) is 5.73. The number of hydrogen-bond donors (Lipinski definition) is 1. The zero-order valence-corrected chi connectivity index (χ0v) is 12.0. The summed E-state index contributed by atoms with van der Waals surface area (Å²) in [5.41, 5.74) is 1.31. The van der Waals surface area contributed by atoms with Crippen LogP contribution in [0.5, 0.6) is 5.88 Å². The van der Waals surface area contributed by atoms with Crippen LogP contribution in [-0.4, -0.2) is 23.1 Å². The van der Waals surface area contributed by atoms with Gasteiger partial charge < -0.3 is 10.1 Å². The van der Waals surface area contributed by atoms with Crippen molar-refractivity contribution < 1.29 is 4.74 Å². The molecular formula is C16H21N3O. The third-order valence-electron chi connectivity index (χ3n) is 2.77. The Morgan fingerprint density at radius 1 is 1.15 bits per heavy atom. The minimum Gasteiger partial charge on any atom is -0.477 e. The van der Waals surface area contributed by atoms with E-state index >= 15 is 0 Å². The van der Waals surface area contributed by atoms with Crippen LogP contribution in [0, 0.1) is 5.92 Å². The first-order valence-corrected chi connectivity index (χ1v) is 6.96. The van der Waals surface area contributed by atoms with Crippen LogP contribution in [0.15, 0.2) is 42.7 Å². The molecule has 0 aliphatic heterocycles. The van der Waals surface area contributed by atoms with Gasteiger partial charge in [0.25, 0.3) is 0 Å². The van der Waals surface area contributed by atoms with E-state index in [-0.39, 0.29) is 0 Å². The predicted octanol–water partition coefficient (Wildman–Crippen LogP) is 3.17. The van der Waals surface area contributed by atoms with Crippen LogP contribution < -0.4 is 10.1 Å². The van der Waals surface area contributed by atoms with E-state index in [4.69, 9.17) is 4.74 Å². The van der Waals surface area contributed by atoms with Gasteiger partial charge in [-0.3, -0.25) is 0 Å². The van der Waals surface area contributed by atoms with Crippen LogP contribution in [-0.2, 0) is 6.42 Å². The SMILES string of the molecule is CC(C)COc1cc(NCCc2ccccc2)ncn1. The maximum atomic E-state index is 5.58. The first kappa shape index (κ1) is 14.3. The molecule has 20 heavy (non-hydrogen) atoms. The number of nitrogens with zero attached hydrogens (tertiary/aromatic N) is 2. The van der Waals surface area contributed by atoms with Crippen molar-refractivity contribution in [3.63, 3.8) is 0 Å². The number of hydrogen-bond acceptors (Lipinski definition) is 4. The fraction of sp³-hybridized carbons (Fsp3) is 0.375. The Balaban J connectivity index is 1.82. The molecule has 0 radical (unpaired) electrons. The summed E-state index contributed by atoms with van der Waals surface area (Å²) in [6.07, 6.45) is 2.49. The molecule has 0 saturated heterocycles. The predicted molar refractivity (Wildman–Crippen MR) is 81.0 cm³/mol. The van der Waals surface area contributed by atoms with E-state index in [1.165, 1.54) is 11.9 Å². The molecule has 2 rings (SSSR count). The summed E-state index contributed by atoms with van der Waals surface area (Å²) >= 11 is 0. The van der Waals surface area contributed by atoms with E-state index in [1.807, 2.05) is 12.1 Å². The maximum absolute atomic E-state index is 5.58. The van der Waals surface area contributed by atoms with Crippen LogP contribution in [0.25, 0.3) is 0 Å². The van der Waals surface area contributed by atoms with Crippen molar-refractivity contribution in [1.82, 2.24) is 9.97 Å². The van der Waals surface area contributed by atoms with Gasteiger partial charge in [0.2, 0.25) is 5.88 Å². The summed E-state index contributed by atoms with van der Waals surface area (Å²) in [6, 6.07) is 12.2. The summed E-state index contributed by atoms with van der Waals surface area (Å²) in [5.74, 6) is 1.91. The van der Waals surface area contributed by atoms with E-state index < -0.39 is 0 Å². The molecule has 0 aliphatic carbocycles. The van der Waals surface area contributed by atoms with Gasteiger partial charge in [-0.2, -0.15) is 0 Å². The van der Waals surface area contributed by atoms with E-state index in [0.717, 1.165) is 18.8 Å². The van der Waals surface area contributed by atoms with Gasteiger partial charge in [0.1, 0.15) is 12.1 Å². The van der Waals surface area contributed by atoms with Gasteiger partial charge >= 0.3 is 0 Å². The number of benzene rings is 1. The minimum atomic E-state index is 0.486. The standard InChI is InChI=1S/C16H21N3O/c1-13(2)11-20-16-10-15(18-12-19-16)17-9-8-14-6-4-3-5-7-14/h3-7,10,12-13H,8-9,11H2,1-2H3,(H,17,18,19). The Hall–Kier alpha value is -2.10. The van der Waals surface area contributed by atoms with Crippen LogP contribution in [0.2, 0.25) is 0 Å². The molecule has 1 N–H and O–H groups in total. The fourth-order valence-electron chi connectivity index (χ4n) is 1.75. The number of anilines is 1. The van der Waals surface area contributed by atoms with Crippen molar-refractivity contribution in [2.75, 3.05) is 18.5 Å². The summed E-state index contributed by atoms with van der Waals surface area (Å²) < 4.78 is 5.58. The van der Waals surface area contributed by atoms with Gasteiger partial charge in [0.15, 0.2) is 0 Å². The molecule has 1 aromatic carbocycles. The lowest BCUT2D eigenvalue weighted by Gasteiger charge is -2.09. The molecule has 2 aromatic rings. The molecule has 1 heterocycles. The van der Waals surface area contributed by atoms with Crippen molar-refractivity contribution in [2.45, 2.75) is 20.3 Å². The molecule has 0 amide bonds. The van der Waals surface area contributed by atoms with Gasteiger partial charge in [-0.15, -0.1) is 0 Å². The third-order valence-corrected chi connectivity index (χ3v) is 2.77. The van der Waals surface area contributed by atoms with E-state index in [9.17, 15) is 0 Å². The number of rotatable bonds is 7. The van der Waals surface area contributed by atoms with Gasteiger partial charge in [-0.05, 0) is 17.9 Å². The number of nitrogens with one attached hydrogen (secondary N) is 1. The Kier molecular flexibility index (Phi) is 5.35. The molecule has 4 heteroatoms. The van der Waals surface area contributed by atoms with Gasteiger partial charge in [0, 0.05) is 12.6 Å². The van der Waals surface area contributed by atoms with Gasteiger partial charge in [0.05, 0.1) is 6.61 Å². The number of ether oxygens (including phenoxy) is 1. The van der Waals surface area contributed by atoms with Crippen molar-refractivity contribution in [3.8, 4) is 5.88 Å². The number of aromatic nitrogens is 2. The molecule has 106 valence electrons. The third kappa shape index (κ3) is 4.88. The molecule has 0 saturated carbocycles. The molecule has 0 spiro atoms. The quantitative estimate of drug-likeness (QED) is 0.840. The first-order valence-electron chi connectivity index (χ1n) is 6.96. The lowest BCUT2D eigenvalue weighted by molar-refractivity contribution is 0.261. The topological polar surface area (TPSA) is 47.0 Å². The lowest BCUT2D eigenvalue weighted by atomic mass is 10.1. The summed E-state index contributed by atoms with van der Waals surface area (Å²) in [4.78, 5) is 8.30. The highest BCUT2D eigenvalue weighted by molar-refractivity contribution is 5.37. The average molecular weight is 271 g/mol. The zero-order valence-electron chi connectivity index (χ0n) is 12.0. The maximum Gasteiger partial charge on any atom is 0.218 e. The summed E-state index contributed by atoms with van der Waals surface area (Å²) in [5, 5.41) is 3.29. The molecule has 0 bridgehead atoms. The smallest absolute Gasteiger partial charge is 0.218 e. The second-order valence-corrected chi connectivity index (χ2v) is 5.11. The molecule has 0 aliphatic rings. The highest BCUT2D eigenvalue weighted by atomic mass is 16.5. The second-order valence-electron chi connectivity index (χ2n) is 5.11. The zero-order chi connectivity index (χ0) is 14.2. The Bertz CT molecular complexity index is 514. The molecule has 0 fully saturated rings. The average Bonchev–Trinajstić information content (AvgIpc) is 2.47. The van der Waals surface area contributed by atoms with Crippen molar-refractivity contribution >= 4 is 5.82 Å². The van der Waals surface area contributed by atoms with Crippen molar-refractivity contribution in [2.24, 2.45) is 5.92 Å². The van der Waals surface area contributed by atoms with Crippen LogP contribution in [0.3, 0.4) is 0 Å². The van der Waals surface area contributed by atoms with Crippen molar-refractivity contribution in [1.29, 1.82) is 0 Å². The Morgan fingerprint density at radius 2 is 1.95 bits per heavy atom. The van der Waals surface area contributed by atoms with E-state index in [1.54, 1.807) is 0 Å². The van der Waals surface area contributed by atoms with Crippen LogP contribution in [0.1, 0.15) is 19.4 Å². The molecule has 4 nitrogen and oxygen atoms in total. The van der Waals surface area contributed by atoms with Crippen LogP contribution in [0.4, 0.5) is 5.82 Å². The van der Waals surface area contributed by atoms with E-state index in [0.29, 0.717) is 18.4 Å². The molecular weight excluding hydrogens is 250 g/mol. The van der Waals surface area contributed by atoms with Gasteiger partial charge in [-0.1, -0.05) is 44.2 Å². The highest BCUT2D eigenvalue weighted by Gasteiger charge is 2.01. The monoisotopic (exact) mass is 271 g/mol. The summed E-state index contributed by atoms with van der Waals surface area (Å²) in [7, 11) is 0. The lowest BCUT2D eigenvalue weighted by Crippen LogP contribution is -2.09. The van der Waals surface area contributed by atoms with Crippen LogP contribution >= 0.6 is 0 Å². The first-order chi connectivity index (χ1) is 9.74. The minimum absolute atomic E-state index is 0.486. The second kappa shape index (κ2) is 7.48. The fourth-order valence-corrected chi connectivity index (χ4v) is 1.75. The molecule has 1 aromatic heterocycles. The largest absolute Gasteiger partial charge is 0.477 e. The highest BCUT2D eigenvalue weighted by Crippen LogP contribution is 2.12. The Morgan fingerprint density at radius 3 is 2.70 bits per heavy atom. The Labute approximate surface area is 120 Å².